The molecule has 0 atom stereocenters. The number of halogens is 3. The first-order valence-corrected chi connectivity index (χ1v) is 6.98. The van der Waals surface area contributed by atoms with Gasteiger partial charge in [-0.25, -0.2) is 13.2 Å². The molecule has 0 amide bonds. The molecular formula is C17H18F3N. The van der Waals surface area contributed by atoms with Crippen LogP contribution in [0.25, 0.3) is 11.1 Å². The Kier molecular flexibility index (Phi) is 5.02. The van der Waals surface area contributed by atoms with E-state index in [0.717, 1.165) is 42.8 Å². The minimum atomic E-state index is -1.43. The Hall–Kier alpha value is -1.81. The normalized spacial score (nSPS) is 10.9. The van der Waals surface area contributed by atoms with E-state index >= 15 is 0 Å². The second-order valence-electron chi connectivity index (χ2n) is 5.08. The van der Waals surface area contributed by atoms with Crippen molar-refractivity contribution in [3.05, 3.63) is 58.9 Å². The third kappa shape index (κ3) is 3.64. The highest BCUT2D eigenvalue weighted by atomic mass is 19.2. The van der Waals surface area contributed by atoms with Crippen LogP contribution in [0.4, 0.5) is 13.2 Å². The first-order valence-electron chi connectivity index (χ1n) is 6.98. The number of aryl methyl sites for hydroxylation is 1. The second kappa shape index (κ2) is 6.76. The maximum absolute atomic E-state index is 13.3. The molecule has 112 valence electrons. The van der Waals surface area contributed by atoms with Crippen molar-refractivity contribution in [2.45, 2.75) is 26.8 Å². The lowest BCUT2D eigenvalue weighted by Gasteiger charge is -2.10. The van der Waals surface area contributed by atoms with Gasteiger partial charge in [-0.05, 0) is 54.3 Å². The molecule has 4 heteroatoms. The standard InChI is InChI=1S/C17H18F3N/c1-3-6-21-10-12-4-5-14(11(2)7-12)13-8-15(18)17(20)16(19)9-13/h4-5,7-9,21H,3,6,10H2,1-2H3. The first-order chi connectivity index (χ1) is 10.0. The van der Waals surface area contributed by atoms with Gasteiger partial charge in [0.2, 0.25) is 0 Å². The number of hydrogen-bond acceptors (Lipinski definition) is 1. The van der Waals surface area contributed by atoms with Crippen molar-refractivity contribution in [2.24, 2.45) is 0 Å². The van der Waals surface area contributed by atoms with E-state index in [0.29, 0.717) is 11.1 Å². The molecule has 2 aromatic rings. The molecule has 0 aliphatic heterocycles. The van der Waals surface area contributed by atoms with Gasteiger partial charge in [-0.1, -0.05) is 25.1 Å². The van der Waals surface area contributed by atoms with Crippen LogP contribution in [0, 0.1) is 24.4 Å². The van der Waals surface area contributed by atoms with E-state index < -0.39 is 17.5 Å². The maximum Gasteiger partial charge on any atom is 0.194 e. The molecule has 0 aromatic heterocycles. The van der Waals surface area contributed by atoms with Gasteiger partial charge in [-0.2, -0.15) is 0 Å². The van der Waals surface area contributed by atoms with Gasteiger partial charge in [0.1, 0.15) is 0 Å². The third-order valence-corrected chi connectivity index (χ3v) is 3.34. The van der Waals surface area contributed by atoms with Crippen LogP contribution in [0.3, 0.4) is 0 Å². The van der Waals surface area contributed by atoms with Crippen molar-refractivity contribution in [2.75, 3.05) is 6.54 Å². The van der Waals surface area contributed by atoms with Crippen molar-refractivity contribution in [3.63, 3.8) is 0 Å². The average molecular weight is 293 g/mol. The molecule has 0 saturated heterocycles. The third-order valence-electron chi connectivity index (χ3n) is 3.34. The molecule has 2 rings (SSSR count). The number of nitrogens with one attached hydrogen (secondary N) is 1. The zero-order valence-electron chi connectivity index (χ0n) is 12.1. The smallest absolute Gasteiger partial charge is 0.194 e. The Balaban J connectivity index is 2.29. The van der Waals surface area contributed by atoms with Gasteiger partial charge in [0, 0.05) is 6.54 Å². The van der Waals surface area contributed by atoms with Crippen LogP contribution in [0.15, 0.2) is 30.3 Å². The molecule has 0 fully saturated rings. The molecule has 2 aromatic carbocycles. The highest BCUT2D eigenvalue weighted by molar-refractivity contribution is 5.67. The van der Waals surface area contributed by atoms with Crippen LogP contribution in [0.5, 0.6) is 0 Å². The number of benzene rings is 2. The first kappa shape index (κ1) is 15.6. The van der Waals surface area contributed by atoms with E-state index in [9.17, 15) is 13.2 Å². The predicted octanol–water partition coefficient (Wildman–Crippen LogP) is 4.58. The molecule has 0 heterocycles. The largest absolute Gasteiger partial charge is 0.313 e. The highest BCUT2D eigenvalue weighted by Crippen LogP contribution is 2.27. The van der Waals surface area contributed by atoms with E-state index in [1.54, 1.807) is 0 Å². The summed E-state index contributed by atoms with van der Waals surface area (Å²) >= 11 is 0. The fraction of sp³-hybridized carbons (Fsp3) is 0.294. The Labute approximate surface area is 122 Å². The minimum Gasteiger partial charge on any atom is -0.313 e. The zero-order chi connectivity index (χ0) is 15.4. The minimum absolute atomic E-state index is 0.344. The van der Waals surface area contributed by atoms with E-state index in [-0.39, 0.29) is 0 Å². The second-order valence-corrected chi connectivity index (χ2v) is 5.08. The summed E-state index contributed by atoms with van der Waals surface area (Å²) in [5, 5.41) is 3.29. The molecule has 0 bridgehead atoms. The van der Waals surface area contributed by atoms with Crippen LogP contribution in [0.2, 0.25) is 0 Å². The average Bonchev–Trinajstić information content (AvgIpc) is 2.45. The van der Waals surface area contributed by atoms with Gasteiger partial charge >= 0.3 is 0 Å². The summed E-state index contributed by atoms with van der Waals surface area (Å²) < 4.78 is 39.6. The lowest BCUT2D eigenvalue weighted by molar-refractivity contribution is 0.447. The molecular weight excluding hydrogens is 275 g/mol. The Morgan fingerprint density at radius 1 is 1.00 bits per heavy atom. The monoisotopic (exact) mass is 293 g/mol. The lowest BCUT2D eigenvalue weighted by Crippen LogP contribution is -2.13. The van der Waals surface area contributed by atoms with Crippen LogP contribution in [-0.2, 0) is 6.54 Å². The van der Waals surface area contributed by atoms with Gasteiger partial charge in [-0.3, -0.25) is 0 Å². The van der Waals surface area contributed by atoms with Crippen molar-refractivity contribution in [3.8, 4) is 11.1 Å². The van der Waals surface area contributed by atoms with Crippen LogP contribution in [-0.4, -0.2) is 6.54 Å². The van der Waals surface area contributed by atoms with Gasteiger partial charge in [0.05, 0.1) is 0 Å². The molecule has 21 heavy (non-hydrogen) atoms. The molecule has 0 unspecified atom stereocenters. The van der Waals surface area contributed by atoms with Crippen LogP contribution in [0.1, 0.15) is 24.5 Å². The van der Waals surface area contributed by atoms with E-state index in [1.165, 1.54) is 0 Å². The van der Waals surface area contributed by atoms with Crippen molar-refractivity contribution >= 4 is 0 Å². The summed E-state index contributed by atoms with van der Waals surface area (Å²) in [6.07, 6.45) is 1.06. The van der Waals surface area contributed by atoms with Crippen LogP contribution >= 0.6 is 0 Å². The fourth-order valence-corrected chi connectivity index (χ4v) is 2.28. The van der Waals surface area contributed by atoms with Gasteiger partial charge in [0.15, 0.2) is 17.5 Å². The summed E-state index contributed by atoms with van der Waals surface area (Å²) in [4.78, 5) is 0. The fourth-order valence-electron chi connectivity index (χ4n) is 2.28. The van der Waals surface area contributed by atoms with Crippen molar-refractivity contribution < 1.29 is 13.2 Å². The quantitative estimate of drug-likeness (QED) is 0.628. The highest BCUT2D eigenvalue weighted by Gasteiger charge is 2.12. The SMILES string of the molecule is CCCNCc1ccc(-c2cc(F)c(F)c(F)c2)c(C)c1. The number of rotatable bonds is 5. The Morgan fingerprint density at radius 3 is 2.24 bits per heavy atom. The summed E-state index contributed by atoms with van der Waals surface area (Å²) in [6.45, 7) is 5.66. The molecule has 1 nitrogen and oxygen atoms in total. The molecule has 0 aliphatic rings. The number of hydrogen-bond donors (Lipinski definition) is 1. The topological polar surface area (TPSA) is 12.0 Å². The molecule has 0 saturated carbocycles. The van der Waals surface area contributed by atoms with Gasteiger partial charge < -0.3 is 5.32 Å². The molecule has 0 spiro atoms. The van der Waals surface area contributed by atoms with Crippen molar-refractivity contribution in [1.29, 1.82) is 0 Å². The Morgan fingerprint density at radius 2 is 1.67 bits per heavy atom. The molecule has 0 radical (unpaired) electrons. The summed E-state index contributed by atoms with van der Waals surface area (Å²) in [7, 11) is 0. The Bertz CT molecular complexity index is 615. The molecule has 1 N–H and O–H groups in total. The lowest BCUT2D eigenvalue weighted by atomic mass is 9.98. The van der Waals surface area contributed by atoms with Crippen LogP contribution < -0.4 is 5.32 Å². The summed E-state index contributed by atoms with van der Waals surface area (Å²) in [6, 6.07) is 7.73. The maximum atomic E-state index is 13.3. The van der Waals surface area contributed by atoms with E-state index in [2.05, 4.69) is 12.2 Å². The zero-order valence-corrected chi connectivity index (χ0v) is 12.1. The predicted molar refractivity (Wildman–Crippen MR) is 78.5 cm³/mol. The van der Waals surface area contributed by atoms with E-state index in [4.69, 9.17) is 0 Å². The summed E-state index contributed by atoms with van der Waals surface area (Å²) in [5.74, 6) is -3.77. The summed E-state index contributed by atoms with van der Waals surface area (Å²) in [5.41, 5.74) is 3.05. The van der Waals surface area contributed by atoms with E-state index in [1.807, 2.05) is 25.1 Å². The van der Waals surface area contributed by atoms with Gasteiger partial charge in [0.25, 0.3) is 0 Å². The van der Waals surface area contributed by atoms with Gasteiger partial charge in [-0.15, -0.1) is 0 Å². The molecule has 0 aliphatic carbocycles. The van der Waals surface area contributed by atoms with Crippen molar-refractivity contribution in [1.82, 2.24) is 5.32 Å².